The number of aliphatic hydroxyl groups excluding tert-OH is 1. The van der Waals surface area contributed by atoms with Crippen molar-refractivity contribution in [3.8, 4) is 6.07 Å². The van der Waals surface area contributed by atoms with Crippen LogP contribution in [0.25, 0.3) is 0 Å². The SMILES string of the molecule is COC(=O)C1=C(Nc2ccc(C#N)c(C(=O)OC)c2)C(=O)N(CCO)C1. The van der Waals surface area contributed by atoms with Crippen molar-refractivity contribution in [3.05, 3.63) is 40.6 Å². The lowest BCUT2D eigenvalue weighted by Crippen LogP contribution is -2.31. The molecule has 0 atom stereocenters. The molecule has 0 saturated carbocycles. The van der Waals surface area contributed by atoms with Gasteiger partial charge in [-0.05, 0) is 18.2 Å². The maximum atomic E-state index is 12.5. The summed E-state index contributed by atoms with van der Waals surface area (Å²) in [6.45, 7) is -0.198. The molecule has 0 radical (unpaired) electrons. The number of hydrogen-bond acceptors (Lipinski definition) is 8. The summed E-state index contributed by atoms with van der Waals surface area (Å²) in [6, 6.07) is 6.13. The highest BCUT2D eigenvalue weighted by Crippen LogP contribution is 2.24. The van der Waals surface area contributed by atoms with E-state index >= 15 is 0 Å². The molecule has 1 aromatic carbocycles. The Morgan fingerprint density at radius 3 is 2.58 bits per heavy atom. The van der Waals surface area contributed by atoms with Crippen LogP contribution < -0.4 is 5.32 Å². The molecule has 0 fully saturated rings. The van der Waals surface area contributed by atoms with E-state index in [1.54, 1.807) is 0 Å². The van der Waals surface area contributed by atoms with Gasteiger partial charge in [-0.25, -0.2) is 9.59 Å². The van der Waals surface area contributed by atoms with Crippen molar-refractivity contribution >= 4 is 23.5 Å². The molecule has 9 heteroatoms. The Bertz CT molecular complexity index is 824. The van der Waals surface area contributed by atoms with E-state index in [2.05, 4.69) is 10.1 Å². The minimum absolute atomic E-state index is 0.00542. The smallest absolute Gasteiger partial charge is 0.339 e. The number of rotatable bonds is 6. The molecule has 2 N–H and O–H groups in total. The van der Waals surface area contributed by atoms with Crippen LogP contribution in [0.5, 0.6) is 0 Å². The second-order valence-corrected chi connectivity index (χ2v) is 5.28. The van der Waals surface area contributed by atoms with E-state index in [9.17, 15) is 14.4 Å². The number of aliphatic hydroxyl groups is 1. The number of methoxy groups -OCH3 is 2. The first-order valence-corrected chi connectivity index (χ1v) is 7.57. The number of anilines is 1. The molecule has 1 heterocycles. The summed E-state index contributed by atoms with van der Waals surface area (Å²) in [4.78, 5) is 37.5. The molecular formula is C17H17N3O6. The van der Waals surface area contributed by atoms with Crippen LogP contribution in [0.15, 0.2) is 29.5 Å². The Labute approximate surface area is 149 Å². The Morgan fingerprint density at radius 2 is 2.00 bits per heavy atom. The quantitative estimate of drug-likeness (QED) is 0.680. The average Bonchev–Trinajstić information content (AvgIpc) is 2.96. The fourth-order valence-electron chi connectivity index (χ4n) is 2.49. The van der Waals surface area contributed by atoms with Gasteiger partial charge in [-0.2, -0.15) is 5.26 Å². The third-order valence-corrected chi connectivity index (χ3v) is 3.77. The number of benzene rings is 1. The van der Waals surface area contributed by atoms with Crippen LogP contribution in [-0.2, 0) is 19.1 Å². The number of amides is 1. The third kappa shape index (κ3) is 3.65. The van der Waals surface area contributed by atoms with Gasteiger partial charge >= 0.3 is 11.9 Å². The Hall–Kier alpha value is -3.38. The molecule has 0 unspecified atom stereocenters. The largest absolute Gasteiger partial charge is 0.466 e. The van der Waals surface area contributed by atoms with Crippen LogP contribution >= 0.6 is 0 Å². The van der Waals surface area contributed by atoms with E-state index in [4.69, 9.17) is 15.1 Å². The van der Waals surface area contributed by atoms with Gasteiger partial charge in [-0.15, -0.1) is 0 Å². The summed E-state index contributed by atoms with van der Waals surface area (Å²) in [5.74, 6) is -1.86. The fraction of sp³-hybridized carbons (Fsp3) is 0.294. The molecule has 1 aromatic rings. The molecule has 0 bridgehead atoms. The zero-order valence-electron chi connectivity index (χ0n) is 14.2. The van der Waals surface area contributed by atoms with Crippen molar-refractivity contribution in [2.24, 2.45) is 0 Å². The zero-order valence-corrected chi connectivity index (χ0v) is 14.2. The van der Waals surface area contributed by atoms with Crippen molar-refractivity contribution in [1.29, 1.82) is 5.26 Å². The van der Waals surface area contributed by atoms with E-state index < -0.39 is 17.8 Å². The minimum Gasteiger partial charge on any atom is -0.466 e. The number of β-amino-alcohol motifs (C(OH)–C–C–N with tert-alkyl or cyclic N) is 1. The van der Waals surface area contributed by atoms with Gasteiger partial charge < -0.3 is 24.8 Å². The lowest BCUT2D eigenvalue weighted by molar-refractivity contribution is -0.136. The number of carbonyl (C=O) groups is 3. The fourth-order valence-corrected chi connectivity index (χ4v) is 2.49. The van der Waals surface area contributed by atoms with Crippen LogP contribution in [0.2, 0.25) is 0 Å². The number of nitrogens with zero attached hydrogens (tertiary/aromatic N) is 2. The molecule has 1 amide bonds. The van der Waals surface area contributed by atoms with E-state index in [0.717, 1.165) is 0 Å². The number of nitrogens with one attached hydrogen (secondary N) is 1. The van der Waals surface area contributed by atoms with Gasteiger partial charge in [0.15, 0.2) is 0 Å². The predicted octanol–water partition coefficient (Wildman–Crippen LogP) is 0.0184. The van der Waals surface area contributed by atoms with Crippen LogP contribution in [0.4, 0.5) is 5.69 Å². The van der Waals surface area contributed by atoms with Crippen LogP contribution in [0.1, 0.15) is 15.9 Å². The maximum Gasteiger partial charge on any atom is 0.339 e. The summed E-state index contributed by atoms with van der Waals surface area (Å²) in [7, 11) is 2.39. The minimum atomic E-state index is -0.702. The van der Waals surface area contributed by atoms with Crippen LogP contribution in [0, 0.1) is 11.3 Å². The molecule has 9 nitrogen and oxygen atoms in total. The van der Waals surface area contributed by atoms with Gasteiger partial charge in [-0.1, -0.05) is 0 Å². The highest BCUT2D eigenvalue weighted by atomic mass is 16.5. The van der Waals surface area contributed by atoms with Crippen LogP contribution in [0.3, 0.4) is 0 Å². The molecule has 1 aliphatic rings. The summed E-state index contributed by atoms with van der Waals surface area (Å²) < 4.78 is 9.34. The molecule has 0 spiro atoms. The second kappa shape index (κ2) is 8.13. The van der Waals surface area contributed by atoms with Gasteiger partial charge in [0.25, 0.3) is 5.91 Å². The molecule has 2 rings (SSSR count). The summed E-state index contributed by atoms with van der Waals surface area (Å²) >= 11 is 0. The Morgan fingerprint density at radius 1 is 1.31 bits per heavy atom. The maximum absolute atomic E-state index is 12.5. The topological polar surface area (TPSA) is 129 Å². The number of hydrogen-bond donors (Lipinski definition) is 2. The highest BCUT2D eigenvalue weighted by molar-refractivity contribution is 6.08. The van der Waals surface area contributed by atoms with E-state index in [1.807, 2.05) is 6.07 Å². The molecule has 26 heavy (non-hydrogen) atoms. The molecule has 0 aliphatic carbocycles. The van der Waals surface area contributed by atoms with Crippen molar-refractivity contribution < 1.29 is 29.0 Å². The molecule has 0 aromatic heterocycles. The van der Waals surface area contributed by atoms with E-state index in [0.29, 0.717) is 5.69 Å². The Balaban J connectivity index is 2.41. The van der Waals surface area contributed by atoms with Crippen molar-refractivity contribution in [2.75, 3.05) is 39.2 Å². The summed E-state index contributed by atoms with van der Waals surface area (Å²) in [5, 5.41) is 20.9. The normalized spacial score (nSPS) is 13.5. The number of carbonyl (C=O) groups excluding carboxylic acids is 3. The third-order valence-electron chi connectivity index (χ3n) is 3.77. The number of esters is 2. The zero-order chi connectivity index (χ0) is 19.3. The average molecular weight is 359 g/mol. The monoisotopic (exact) mass is 359 g/mol. The first-order chi connectivity index (χ1) is 12.5. The van der Waals surface area contributed by atoms with Crippen molar-refractivity contribution in [1.82, 2.24) is 4.90 Å². The molecule has 1 aliphatic heterocycles. The van der Waals surface area contributed by atoms with E-state index in [-0.39, 0.29) is 42.1 Å². The van der Waals surface area contributed by atoms with Gasteiger partial charge in [-0.3, -0.25) is 4.79 Å². The van der Waals surface area contributed by atoms with E-state index in [1.165, 1.54) is 37.3 Å². The van der Waals surface area contributed by atoms with Crippen molar-refractivity contribution in [3.63, 3.8) is 0 Å². The highest BCUT2D eigenvalue weighted by Gasteiger charge is 2.34. The first kappa shape index (κ1) is 19.0. The first-order valence-electron chi connectivity index (χ1n) is 7.57. The van der Waals surface area contributed by atoms with Crippen molar-refractivity contribution in [2.45, 2.75) is 0 Å². The number of nitriles is 1. The second-order valence-electron chi connectivity index (χ2n) is 5.28. The molecule has 0 saturated heterocycles. The summed E-state index contributed by atoms with van der Waals surface area (Å²) in [6.07, 6.45) is 0. The standard InChI is InChI=1S/C17H17N3O6/c1-25-16(23)12-7-11(4-3-10(12)8-18)19-14-13(17(24)26-2)9-20(5-6-21)15(14)22/h3-4,7,19,21H,5-6,9H2,1-2H3. The van der Waals surface area contributed by atoms with Gasteiger partial charge in [0.2, 0.25) is 0 Å². The predicted molar refractivity (Wildman–Crippen MR) is 88.8 cm³/mol. The molecule has 136 valence electrons. The number of ether oxygens (including phenoxy) is 2. The van der Waals surface area contributed by atoms with Crippen LogP contribution in [-0.4, -0.2) is 61.8 Å². The lowest BCUT2D eigenvalue weighted by atomic mass is 10.1. The van der Waals surface area contributed by atoms with Gasteiger partial charge in [0.1, 0.15) is 11.8 Å². The summed E-state index contributed by atoms with van der Waals surface area (Å²) in [5.41, 5.74) is 0.558. The Kier molecular flexibility index (Phi) is 5.93. The lowest BCUT2D eigenvalue weighted by Gasteiger charge is -2.15. The van der Waals surface area contributed by atoms with Gasteiger partial charge in [0.05, 0.1) is 44.1 Å². The molecular weight excluding hydrogens is 342 g/mol. The van der Waals surface area contributed by atoms with Gasteiger partial charge in [0, 0.05) is 12.2 Å².